The van der Waals surface area contributed by atoms with Gasteiger partial charge in [-0.3, -0.25) is 4.79 Å². The summed E-state index contributed by atoms with van der Waals surface area (Å²) >= 11 is 0. The van der Waals surface area contributed by atoms with Gasteiger partial charge in [0.25, 0.3) is 0 Å². The van der Waals surface area contributed by atoms with Gasteiger partial charge in [-0.05, 0) is 69.0 Å². The number of nitrogens with one attached hydrogen (secondary N) is 1. The average molecular weight is 495 g/mol. The molecule has 0 saturated carbocycles. The van der Waals surface area contributed by atoms with Crippen LogP contribution in [0, 0.1) is 0 Å². The highest BCUT2D eigenvalue weighted by Gasteiger charge is 2.13. The van der Waals surface area contributed by atoms with Crippen LogP contribution in [0.25, 0.3) is 21.8 Å². The van der Waals surface area contributed by atoms with E-state index in [0.717, 1.165) is 71.0 Å². The number of fused-ring (bicyclic) bond motifs is 2. The van der Waals surface area contributed by atoms with Gasteiger partial charge < -0.3 is 24.3 Å². The molecule has 1 heterocycles. The summed E-state index contributed by atoms with van der Waals surface area (Å²) in [4.78, 5) is 16.7. The van der Waals surface area contributed by atoms with E-state index in [9.17, 15) is 4.79 Å². The van der Waals surface area contributed by atoms with Crippen LogP contribution in [0.15, 0.2) is 49.1 Å². The first kappa shape index (κ1) is 27.4. The summed E-state index contributed by atoms with van der Waals surface area (Å²) in [7, 11) is 1.67. The molecule has 36 heavy (non-hydrogen) atoms. The second kappa shape index (κ2) is 14.4. The van der Waals surface area contributed by atoms with E-state index in [0.29, 0.717) is 19.6 Å². The number of nitrogens with zero attached hydrogens (tertiary/aromatic N) is 1. The predicted molar refractivity (Wildman–Crippen MR) is 145 cm³/mol. The standard InChI is InChI=1S/C29H38N2O5/c1-5-18-36-27(32)11-8-10-21-13-15-25-23(19-21)29(24-20-22(33-4)14-16-26(24)31-25)30-17-9-12-28(34-6-2)35-7-3/h5,13-16,19-20,28H,1,6-12,17-18H2,2-4H3,(H,30,31). The second-order valence-electron chi connectivity index (χ2n) is 8.46. The fraction of sp³-hybridized carbons (Fsp3) is 0.448. The second-order valence-corrected chi connectivity index (χ2v) is 8.46. The van der Waals surface area contributed by atoms with Crippen LogP contribution in [0.5, 0.6) is 5.75 Å². The molecule has 0 fully saturated rings. The number of hydrogen-bond acceptors (Lipinski definition) is 7. The lowest BCUT2D eigenvalue weighted by Crippen LogP contribution is -2.18. The zero-order chi connectivity index (χ0) is 25.8. The molecule has 7 nitrogen and oxygen atoms in total. The van der Waals surface area contributed by atoms with Crippen molar-refractivity contribution in [2.45, 2.75) is 52.2 Å². The number of anilines is 1. The number of aryl methyl sites for hydroxylation is 1. The Kier molecular flexibility index (Phi) is 11.0. The van der Waals surface area contributed by atoms with Crippen LogP contribution < -0.4 is 10.1 Å². The predicted octanol–water partition coefficient (Wildman–Crippen LogP) is 6.04. The normalized spacial score (nSPS) is 11.2. The first-order valence-electron chi connectivity index (χ1n) is 12.7. The summed E-state index contributed by atoms with van der Waals surface area (Å²) < 4.78 is 21.9. The van der Waals surface area contributed by atoms with Gasteiger partial charge >= 0.3 is 5.97 Å². The van der Waals surface area contributed by atoms with Crippen molar-refractivity contribution < 1.29 is 23.7 Å². The van der Waals surface area contributed by atoms with E-state index in [4.69, 9.17) is 23.9 Å². The summed E-state index contributed by atoms with van der Waals surface area (Å²) in [5.41, 5.74) is 4.01. The van der Waals surface area contributed by atoms with E-state index in [1.807, 2.05) is 32.0 Å². The van der Waals surface area contributed by atoms with Crippen LogP contribution in [0.4, 0.5) is 5.69 Å². The minimum atomic E-state index is -0.199. The molecule has 0 aliphatic rings. The number of carbonyl (C=O) groups excluding carboxylic acids is 1. The molecule has 0 amide bonds. The molecular formula is C29H38N2O5. The van der Waals surface area contributed by atoms with E-state index in [2.05, 4.69) is 30.1 Å². The van der Waals surface area contributed by atoms with Crippen molar-refractivity contribution >= 4 is 33.5 Å². The Hall–Kier alpha value is -3.16. The Bertz CT molecular complexity index is 1140. The molecule has 0 spiro atoms. The Morgan fingerprint density at radius 1 is 1.06 bits per heavy atom. The van der Waals surface area contributed by atoms with E-state index in [1.165, 1.54) is 0 Å². The van der Waals surface area contributed by atoms with Gasteiger partial charge in [-0.2, -0.15) is 0 Å². The molecule has 0 aliphatic heterocycles. The van der Waals surface area contributed by atoms with Gasteiger partial charge in [0, 0.05) is 43.4 Å². The molecule has 0 aliphatic carbocycles. The number of pyridine rings is 1. The highest BCUT2D eigenvalue weighted by atomic mass is 16.7. The highest BCUT2D eigenvalue weighted by molar-refractivity contribution is 6.08. The van der Waals surface area contributed by atoms with Crippen molar-refractivity contribution in [3.05, 3.63) is 54.6 Å². The van der Waals surface area contributed by atoms with Gasteiger partial charge in [-0.1, -0.05) is 18.7 Å². The van der Waals surface area contributed by atoms with Crippen LogP contribution in [0.1, 0.15) is 45.1 Å². The van der Waals surface area contributed by atoms with Crippen molar-refractivity contribution in [2.24, 2.45) is 0 Å². The smallest absolute Gasteiger partial charge is 0.306 e. The van der Waals surface area contributed by atoms with E-state index >= 15 is 0 Å². The Balaban J connectivity index is 1.82. The first-order valence-corrected chi connectivity index (χ1v) is 12.7. The van der Waals surface area contributed by atoms with Crippen molar-refractivity contribution in [1.82, 2.24) is 4.98 Å². The SMILES string of the molecule is C=CCOC(=O)CCCc1ccc2nc3ccc(OC)cc3c(NCCCC(OCC)OCC)c2c1. The molecule has 2 aromatic carbocycles. The third kappa shape index (κ3) is 7.67. The van der Waals surface area contributed by atoms with E-state index in [1.54, 1.807) is 13.2 Å². The number of carbonyl (C=O) groups is 1. The van der Waals surface area contributed by atoms with Gasteiger partial charge in [-0.15, -0.1) is 0 Å². The fourth-order valence-electron chi connectivity index (χ4n) is 4.17. The molecule has 0 radical (unpaired) electrons. The third-order valence-electron chi connectivity index (χ3n) is 5.88. The molecule has 0 atom stereocenters. The molecular weight excluding hydrogens is 456 g/mol. The maximum absolute atomic E-state index is 11.8. The first-order chi connectivity index (χ1) is 17.6. The minimum absolute atomic E-state index is 0.183. The largest absolute Gasteiger partial charge is 0.497 e. The molecule has 3 aromatic rings. The van der Waals surface area contributed by atoms with Crippen LogP contribution >= 0.6 is 0 Å². The molecule has 7 heteroatoms. The molecule has 194 valence electrons. The number of aromatic nitrogens is 1. The summed E-state index contributed by atoms with van der Waals surface area (Å²) in [6.45, 7) is 9.81. The summed E-state index contributed by atoms with van der Waals surface area (Å²) in [6, 6.07) is 12.2. The Morgan fingerprint density at radius 2 is 1.78 bits per heavy atom. The topological polar surface area (TPSA) is 78.9 Å². The van der Waals surface area contributed by atoms with Gasteiger partial charge in [0.15, 0.2) is 6.29 Å². The number of rotatable bonds is 16. The van der Waals surface area contributed by atoms with Crippen LogP contribution in [0.3, 0.4) is 0 Å². The quantitative estimate of drug-likeness (QED) is 0.0855. The maximum atomic E-state index is 11.8. The zero-order valence-electron chi connectivity index (χ0n) is 21.7. The monoisotopic (exact) mass is 494 g/mol. The Morgan fingerprint density at radius 3 is 2.47 bits per heavy atom. The van der Waals surface area contributed by atoms with Crippen molar-refractivity contribution in [3.63, 3.8) is 0 Å². The van der Waals surface area contributed by atoms with Gasteiger partial charge in [0.05, 0.1) is 23.8 Å². The van der Waals surface area contributed by atoms with E-state index < -0.39 is 0 Å². The highest BCUT2D eigenvalue weighted by Crippen LogP contribution is 2.34. The molecule has 1 N–H and O–H groups in total. The number of methoxy groups -OCH3 is 1. The number of esters is 1. The molecule has 0 unspecified atom stereocenters. The van der Waals surface area contributed by atoms with Gasteiger partial charge in [0.2, 0.25) is 0 Å². The van der Waals surface area contributed by atoms with Crippen molar-refractivity contribution in [1.29, 1.82) is 0 Å². The summed E-state index contributed by atoms with van der Waals surface area (Å²) in [5.74, 6) is 0.587. The van der Waals surface area contributed by atoms with Crippen LogP contribution in [-0.2, 0) is 25.4 Å². The van der Waals surface area contributed by atoms with Gasteiger partial charge in [-0.25, -0.2) is 4.98 Å². The summed E-state index contributed by atoms with van der Waals surface area (Å²) in [5, 5.41) is 5.72. The number of ether oxygens (including phenoxy) is 4. The average Bonchev–Trinajstić information content (AvgIpc) is 2.89. The molecule has 0 saturated heterocycles. The molecule has 0 bridgehead atoms. The summed E-state index contributed by atoms with van der Waals surface area (Å²) in [6.07, 6.45) is 4.98. The zero-order valence-corrected chi connectivity index (χ0v) is 21.7. The lowest BCUT2D eigenvalue weighted by molar-refractivity contribution is -0.142. The van der Waals surface area contributed by atoms with Gasteiger partial charge in [0.1, 0.15) is 12.4 Å². The van der Waals surface area contributed by atoms with Crippen LogP contribution in [-0.4, -0.2) is 50.7 Å². The molecule has 1 aromatic heterocycles. The van der Waals surface area contributed by atoms with Crippen LogP contribution in [0.2, 0.25) is 0 Å². The number of benzene rings is 2. The molecule has 3 rings (SSSR count). The van der Waals surface area contributed by atoms with Crippen molar-refractivity contribution in [2.75, 3.05) is 38.8 Å². The number of hydrogen-bond donors (Lipinski definition) is 1. The fourth-order valence-corrected chi connectivity index (χ4v) is 4.17. The maximum Gasteiger partial charge on any atom is 0.306 e. The van der Waals surface area contributed by atoms with E-state index in [-0.39, 0.29) is 18.9 Å². The van der Waals surface area contributed by atoms with Crippen molar-refractivity contribution in [3.8, 4) is 5.75 Å². The lowest BCUT2D eigenvalue weighted by Gasteiger charge is -2.18. The Labute approximate surface area is 213 Å². The minimum Gasteiger partial charge on any atom is -0.497 e. The third-order valence-corrected chi connectivity index (χ3v) is 5.88. The lowest BCUT2D eigenvalue weighted by atomic mass is 10.0.